The molecule has 0 amide bonds. The number of aromatic nitrogens is 1. The van der Waals surface area contributed by atoms with Crippen molar-refractivity contribution in [2.45, 2.75) is 19.1 Å². The van der Waals surface area contributed by atoms with Gasteiger partial charge in [-0.05, 0) is 18.9 Å². The molecule has 0 bridgehead atoms. The molecular weight excluding hydrogens is 242 g/mol. The Balaban J connectivity index is 2.12. The number of nitrogens with zero attached hydrogens (tertiary/aromatic N) is 1. The number of ether oxygens (including phenoxy) is 2. The molecule has 1 N–H and O–H groups in total. The Labute approximate surface area is 101 Å². The standard InChI is InChI=1S/C12H8F2N2O2/c13-12(14)17-10-3-1-2-8(11(10)18-12)9-6-16-5-7(9)4-15/h3,5-6,16H,1-2H2. The first-order chi connectivity index (χ1) is 8.61. The molecule has 1 aliphatic carbocycles. The highest BCUT2D eigenvalue weighted by atomic mass is 19.3. The summed E-state index contributed by atoms with van der Waals surface area (Å²) in [4.78, 5) is 2.79. The van der Waals surface area contributed by atoms with Crippen LogP contribution in [0, 0.1) is 11.3 Å². The van der Waals surface area contributed by atoms with Gasteiger partial charge in [-0.25, -0.2) is 0 Å². The third-order valence-electron chi connectivity index (χ3n) is 2.86. The molecule has 1 saturated heterocycles. The van der Waals surface area contributed by atoms with E-state index in [-0.39, 0.29) is 11.5 Å². The van der Waals surface area contributed by atoms with E-state index in [1.807, 2.05) is 6.07 Å². The number of hydrogen-bond donors (Lipinski definition) is 1. The quantitative estimate of drug-likeness (QED) is 0.833. The molecular formula is C12H8F2N2O2. The summed E-state index contributed by atoms with van der Waals surface area (Å²) in [6, 6.07) is 2.00. The lowest BCUT2D eigenvalue weighted by molar-refractivity contribution is -0.326. The van der Waals surface area contributed by atoms with Gasteiger partial charge >= 0.3 is 6.29 Å². The van der Waals surface area contributed by atoms with E-state index in [0.29, 0.717) is 29.5 Å². The fraction of sp³-hybridized carbons (Fsp3) is 0.250. The van der Waals surface area contributed by atoms with Gasteiger partial charge in [0.25, 0.3) is 0 Å². The highest BCUT2D eigenvalue weighted by Crippen LogP contribution is 2.44. The molecule has 0 aromatic carbocycles. The first-order valence-corrected chi connectivity index (χ1v) is 5.37. The Hall–Kier alpha value is -2.29. The molecule has 1 fully saturated rings. The van der Waals surface area contributed by atoms with Crippen molar-refractivity contribution in [1.29, 1.82) is 5.26 Å². The Morgan fingerprint density at radius 3 is 2.94 bits per heavy atom. The van der Waals surface area contributed by atoms with Crippen LogP contribution in [0.1, 0.15) is 24.0 Å². The molecule has 18 heavy (non-hydrogen) atoms. The SMILES string of the molecule is N#Cc1c[nH]cc1C1=C2OC(F)(F)OC2=CCC1. The van der Waals surface area contributed by atoms with Gasteiger partial charge in [0.05, 0.1) is 5.56 Å². The third-order valence-corrected chi connectivity index (χ3v) is 2.86. The molecule has 0 atom stereocenters. The monoisotopic (exact) mass is 250 g/mol. The summed E-state index contributed by atoms with van der Waals surface area (Å²) < 4.78 is 35.0. The number of hydrogen-bond acceptors (Lipinski definition) is 3. The van der Waals surface area contributed by atoms with Gasteiger partial charge in [-0.2, -0.15) is 5.26 Å². The molecule has 4 nitrogen and oxygen atoms in total. The second-order valence-corrected chi connectivity index (χ2v) is 3.98. The van der Waals surface area contributed by atoms with Crippen LogP contribution in [0.4, 0.5) is 8.78 Å². The number of alkyl halides is 2. The minimum absolute atomic E-state index is 0.0300. The van der Waals surface area contributed by atoms with Crippen LogP contribution in [-0.4, -0.2) is 11.3 Å². The molecule has 2 aliphatic rings. The normalized spacial score (nSPS) is 20.6. The molecule has 1 aromatic heterocycles. The van der Waals surface area contributed by atoms with E-state index in [4.69, 9.17) is 5.26 Å². The van der Waals surface area contributed by atoms with Crippen LogP contribution in [-0.2, 0) is 9.47 Å². The fourth-order valence-corrected chi connectivity index (χ4v) is 2.13. The Morgan fingerprint density at radius 1 is 1.33 bits per heavy atom. The van der Waals surface area contributed by atoms with E-state index < -0.39 is 6.29 Å². The Kier molecular flexibility index (Phi) is 2.17. The lowest BCUT2D eigenvalue weighted by Crippen LogP contribution is -2.14. The molecule has 1 aromatic rings. The molecule has 1 aliphatic heterocycles. The van der Waals surface area contributed by atoms with E-state index >= 15 is 0 Å². The summed E-state index contributed by atoms with van der Waals surface area (Å²) in [5, 5.41) is 8.95. The molecule has 0 spiro atoms. The van der Waals surface area contributed by atoms with Crippen molar-refractivity contribution in [1.82, 2.24) is 4.98 Å². The topological polar surface area (TPSA) is 58.0 Å². The molecule has 92 valence electrons. The van der Waals surface area contributed by atoms with Gasteiger partial charge < -0.3 is 14.5 Å². The lowest BCUT2D eigenvalue weighted by Gasteiger charge is -2.12. The number of allylic oxidation sites excluding steroid dienone is 2. The Bertz CT molecular complexity index is 608. The minimum Gasteiger partial charge on any atom is -0.396 e. The minimum atomic E-state index is -3.63. The van der Waals surface area contributed by atoms with Gasteiger partial charge in [0.2, 0.25) is 0 Å². The van der Waals surface area contributed by atoms with Crippen LogP contribution in [0.5, 0.6) is 0 Å². The highest BCUT2D eigenvalue weighted by molar-refractivity contribution is 5.75. The van der Waals surface area contributed by atoms with Gasteiger partial charge in [0, 0.05) is 23.5 Å². The fourth-order valence-electron chi connectivity index (χ4n) is 2.13. The van der Waals surface area contributed by atoms with Crippen LogP contribution in [0.3, 0.4) is 0 Å². The summed E-state index contributed by atoms with van der Waals surface area (Å²) in [7, 11) is 0. The van der Waals surface area contributed by atoms with E-state index in [1.165, 1.54) is 6.20 Å². The average molecular weight is 250 g/mol. The second kappa shape index (κ2) is 3.60. The number of nitriles is 1. The van der Waals surface area contributed by atoms with Crippen LogP contribution >= 0.6 is 0 Å². The first-order valence-electron chi connectivity index (χ1n) is 5.37. The summed E-state index contributed by atoms with van der Waals surface area (Å²) in [5.74, 6) is 0.0775. The van der Waals surface area contributed by atoms with E-state index in [1.54, 1.807) is 12.3 Å². The number of halogens is 2. The largest absolute Gasteiger partial charge is 0.586 e. The van der Waals surface area contributed by atoms with E-state index in [9.17, 15) is 8.78 Å². The van der Waals surface area contributed by atoms with Crippen molar-refractivity contribution in [2.75, 3.05) is 0 Å². The van der Waals surface area contributed by atoms with Crippen LogP contribution in [0.15, 0.2) is 30.0 Å². The highest BCUT2D eigenvalue weighted by Gasteiger charge is 2.47. The van der Waals surface area contributed by atoms with Crippen LogP contribution in [0.2, 0.25) is 0 Å². The predicted molar refractivity (Wildman–Crippen MR) is 56.9 cm³/mol. The molecule has 2 heterocycles. The van der Waals surface area contributed by atoms with Gasteiger partial charge in [-0.1, -0.05) is 0 Å². The van der Waals surface area contributed by atoms with Crippen LogP contribution in [0.25, 0.3) is 5.57 Å². The lowest BCUT2D eigenvalue weighted by atomic mass is 9.95. The zero-order valence-electron chi connectivity index (χ0n) is 9.17. The van der Waals surface area contributed by atoms with Crippen molar-refractivity contribution in [3.8, 4) is 6.07 Å². The Morgan fingerprint density at radius 2 is 2.17 bits per heavy atom. The molecule has 6 heteroatoms. The van der Waals surface area contributed by atoms with Crippen molar-refractivity contribution >= 4 is 5.57 Å². The number of rotatable bonds is 1. The number of aromatic amines is 1. The number of nitrogens with one attached hydrogen (secondary N) is 1. The summed E-state index contributed by atoms with van der Waals surface area (Å²) >= 11 is 0. The molecule has 0 unspecified atom stereocenters. The van der Waals surface area contributed by atoms with Crippen molar-refractivity contribution in [3.05, 3.63) is 41.1 Å². The van der Waals surface area contributed by atoms with E-state index in [2.05, 4.69) is 14.5 Å². The van der Waals surface area contributed by atoms with Gasteiger partial charge in [-0.3, -0.25) is 0 Å². The molecule has 0 radical (unpaired) electrons. The second-order valence-electron chi connectivity index (χ2n) is 3.98. The smallest absolute Gasteiger partial charge is 0.396 e. The van der Waals surface area contributed by atoms with Gasteiger partial charge in [0.15, 0.2) is 11.5 Å². The maximum absolute atomic E-state index is 13.1. The van der Waals surface area contributed by atoms with Crippen LogP contribution < -0.4 is 0 Å². The van der Waals surface area contributed by atoms with Gasteiger partial charge in [-0.15, -0.1) is 8.78 Å². The average Bonchev–Trinajstić information content (AvgIpc) is 2.89. The summed E-state index contributed by atoms with van der Waals surface area (Å²) in [6.07, 6.45) is 2.17. The van der Waals surface area contributed by atoms with Crippen molar-refractivity contribution in [2.24, 2.45) is 0 Å². The predicted octanol–water partition coefficient (Wildman–Crippen LogP) is 2.87. The number of fused-ring (bicyclic) bond motifs is 1. The summed E-state index contributed by atoms with van der Waals surface area (Å²) in [6.45, 7) is 0. The van der Waals surface area contributed by atoms with E-state index in [0.717, 1.165) is 0 Å². The van der Waals surface area contributed by atoms with Crippen molar-refractivity contribution in [3.63, 3.8) is 0 Å². The number of H-pyrrole nitrogens is 1. The van der Waals surface area contributed by atoms with Crippen molar-refractivity contribution < 1.29 is 18.3 Å². The maximum Gasteiger partial charge on any atom is 0.586 e. The zero-order valence-corrected chi connectivity index (χ0v) is 9.17. The molecule has 3 rings (SSSR count). The first kappa shape index (κ1) is 10.8. The van der Waals surface area contributed by atoms with Gasteiger partial charge in [0.1, 0.15) is 6.07 Å². The third kappa shape index (κ3) is 1.56. The maximum atomic E-state index is 13.1. The molecule has 0 saturated carbocycles. The summed E-state index contributed by atoms with van der Waals surface area (Å²) in [5.41, 5.74) is 1.56. The zero-order chi connectivity index (χ0) is 12.8.